The largest absolute Gasteiger partial charge is 0.394 e. The summed E-state index contributed by atoms with van der Waals surface area (Å²) in [5.41, 5.74) is 1.45. The average molecular weight is 282 g/mol. The SMILES string of the molecule is NNc1ncc([N+](=O)[O-])c(NC2(CO)CCCCC2)n1. The van der Waals surface area contributed by atoms with E-state index in [1.165, 1.54) is 0 Å². The number of aliphatic hydroxyl groups excluding tert-OH is 1. The minimum absolute atomic E-state index is 0.0777. The van der Waals surface area contributed by atoms with Crippen molar-refractivity contribution in [2.75, 3.05) is 17.3 Å². The van der Waals surface area contributed by atoms with Crippen LogP contribution in [0.25, 0.3) is 0 Å². The number of aromatic nitrogens is 2. The number of nitro groups is 1. The first-order chi connectivity index (χ1) is 9.60. The third-order valence-corrected chi connectivity index (χ3v) is 3.59. The van der Waals surface area contributed by atoms with Crippen LogP contribution in [0.15, 0.2) is 6.20 Å². The molecule has 9 heteroatoms. The van der Waals surface area contributed by atoms with Crippen LogP contribution in [0.2, 0.25) is 0 Å². The van der Waals surface area contributed by atoms with Crippen LogP contribution in [0, 0.1) is 10.1 Å². The zero-order valence-corrected chi connectivity index (χ0v) is 11.0. The predicted octanol–water partition coefficient (Wildman–Crippen LogP) is 0.777. The number of nitrogens with one attached hydrogen (secondary N) is 2. The molecule has 0 spiro atoms. The van der Waals surface area contributed by atoms with Gasteiger partial charge in [0.05, 0.1) is 17.1 Å². The van der Waals surface area contributed by atoms with Crippen molar-refractivity contribution in [3.05, 3.63) is 16.3 Å². The van der Waals surface area contributed by atoms with Gasteiger partial charge >= 0.3 is 5.69 Å². The molecule has 20 heavy (non-hydrogen) atoms. The summed E-state index contributed by atoms with van der Waals surface area (Å²) >= 11 is 0. The van der Waals surface area contributed by atoms with Gasteiger partial charge < -0.3 is 10.4 Å². The van der Waals surface area contributed by atoms with Crippen LogP contribution in [0.5, 0.6) is 0 Å². The molecule has 2 rings (SSSR count). The van der Waals surface area contributed by atoms with Crippen LogP contribution in [0.1, 0.15) is 32.1 Å². The molecule has 0 atom stereocenters. The predicted molar refractivity (Wildman–Crippen MR) is 73.0 cm³/mol. The van der Waals surface area contributed by atoms with E-state index in [1.54, 1.807) is 0 Å². The highest BCUT2D eigenvalue weighted by Gasteiger charge is 2.34. The van der Waals surface area contributed by atoms with Gasteiger partial charge in [-0.3, -0.25) is 15.5 Å². The maximum atomic E-state index is 11.0. The highest BCUT2D eigenvalue weighted by molar-refractivity contribution is 5.58. The van der Waals surface area contributed by atoms with Crippen molar-refractivity contribution in [3.8, 4) is 0 Å². The van der Waals surface area contributed by atoms with Crippen LogP contribution in [0.3, 0.4) is 0 Å². The lowest BCUT2D eigenvalue weighted by atomic mass is 9.82. The van der Waals surface area contributed by atoms with Gasteiger partial charge in [0.15, 0.2) is 0 Å². The summed E-state index contributed by atoms with van der Waals surface area (Å²) in [5.74, 6) is 5.38. The lowest BCUT2D eigenvalue weighted by Gasteiger charge is -2.36. The van der Waals surface area contributed by atoms with E-state index in [9.17, 15) is 15.2 Å². The molecule has 1 aromatic rings. The molecule has 1 aliphatic rings. The van der Waals surface area contributed by atoms with E-state index in [2.05, 4.69) is 20.7 Å². The fraction of sp³-hybridized carbons (Fsp3) is 0.636. The third-order valence-electron chi connectivity index (χ3n) is 3.59. The summed E-state index contributed by atoms with van der Waals surface area (Å²) < 4.78 is 0. The number of anilines is 2. The van der Waals surface area contributed by atoms with Crippen molar-refractivity contribution in [3.63, 3.8) is 0 Å². The van der Waals surface area contributed by atoms with Crippen molar-refractivity contribution in [1.82, 2.24) is 9.97 Å². The summed E-state index contributed by atoms with van der Waals surface area (Å²) in [6, 6.07) is 0. The highest BCUT2D eigenvalue weighted by Crippen LogP contribution is 2.33. The van der Waals surface area contributed by atoms with E-state index < -0.39 is 10.5 Å². The molecule has 110 valence electrons. The second kappa shape index (κ2) is 5.97. The Labute approximate surface area is 115 Å². The topological polar surface area (TPSA) is 139 Å². The number of rotatable bonds is 5. The third kappa shape index (κ3) is 2.94. The van der Waals surface area contributed by atoms with Crippen LogP contribution in [-0.2, 0) is 0 Å². The van der Waals surface area contributed by atoms with Gasteiger partial charge in [-0.1, -0.05) is 19.3 Å². The van der Waals surface area contributed by atoms with Crippen molar-refractivity contribution >= 4 is 17.5 Å². The molecule has 1 saturated carbocycles. The second-order valence-corrected chi connectivity index (χ2v) is 4.95. The van der Waals surface area contributed by atoms with Crippen molar-refractivity contribution in [2.24, 2.45) is 5.84 Å². The maximum absolute atomic E-state index is 11.0. The maximum Gasteiger partial charge on any atom is 0.329 e. The highest BCUT2D eigenvalue weighted by atomic mass is 16.6. The Morgan fingerprint density at radius 2 is 2.15 bits per heavy atom. The fourth-order valence-electron chi connectivity index (χ4n) is 2.47. The Bertz CT molecular complexity index is 489. The first kappa shape index (κ1) is 14.4. The molecule has 0 amide bonds. The average Bonchev–Trinajstić information content (AvgIpc) is 2.47. The molecule has 5 N–H and O–H groups in total. The number of hydrogen-bond acceptors (Lipinski definition) is 8. The van der Waals surface area contributed by atoms with Crippen LogP contribution >= 0.6 is 0 Å². The number of nitrogen functional groups attached to an aromatic ring is 1. The number of aliphatic hydroxyl groups is 1. The van der Waals surface area contributed by atoms with E-state index in [4.69, 9.17) is 5.84 Å². The molecule has 0 unspecified atom stereocenters. The first-order valence-corrected chi connectivity index (χ1v) is 6.47. The summed E-state index contributed by atoms with van der Waals surface area (Å²) in [4.78, 5) is 18.2. The van der Waals surface area contributed by atoms with E-state index >= 15 is 0 Å². The van der Waals surface area contributed by atoms with Crippen molar-refractivity contribution < 1.29 is 10.0 Å². The second-order valence-electron chi connectivity index (χ2n) is 4.95. The molecule has 9 nitrogen and oxygen atoms in total. The van der Waals surface area contributed by atoms with Gasteiger partial charge in [0.1, 0.15) is 6.20 Å². The molecule has 0 aromatic carbocycles. The number of nitrogens with two attached hydrogens (primary N) is 1. The summed E-state index contributed by atoms with van der Waals surface area (Å²) in [5, 5.41) is 23.7. The van der Waals surface area contributed by atoms with Crippen LogP contribution in [-0.4, -0.2) is 32.1 Å². The van der Waals surface area contributed by atoms with E-state index in [0.717, 1.165) is 38.3 Å². The van der Waals surface area contributed by atoms with Gasteiger partial charge in [-0.25, -0.2) is 10.8 Å². The lowest BCUT2D eigenvalue weighted by Crippen LogP contribution is -2.44. The minimum atomic E-state index is -0.566. The van der Waals surface area contributed by atoms with Crippen LogP contribution in [0.4, 0.5) is 17.5 Å². The van der Waals surface area contributed by atoms with Gasteiger partial charge in [0.2, 0.25) is 11.8 Å². The quantitative estimate of drug-likeness (QED) is 0.353. The fourth-order valence-corrected chi connectivity index (χ4v) is 2.47. The Kier molecular flexibility index (Phi) is 4.30. The summed E-state index contributed by atoms with van der Waals surface area (Å²) in [7, 11) is 0. The van der Waals surface area contributed by atoms with Crippen molar-refractivity contribution in [1.29, 1.82) is 0 Å². The Hall–Kier alpha value is -2.00. The zero-order chi connectivity index (χ0) is 14.6. The molecule has 1 heterocycles. The zero-order valence-electron chi connectivity index (χ0n) is 11.0. The Morgan fingerprint density at radius 1 is 1.45 bits per heavy atom. The first-order valence-electron chi connectivity index (χ1n) is 6.47. The molecular weight excluding hydrogens is 264 g/mol. The minimum Gasteiger partial charge on any atom is -0.394 e. The van der Waals surface area contributed by atoms with E-state index in [0.29, 0.717) is 0 Å². The molecular formula is C11H18N6O3. The van der Waals surface area contributed by atoms with Gasteiger partial charge in [0, 0.05) is 0 Å². The molecule has 0 saturated heterocycles. The van der Waals surface area contributed by atoms with Crippen molar-refractivity contribution in [2.45, 2.75) is 37.6 Å². The smallest absolute Gasteiger partial charge is 0.329 e. The molecule has 1 aromatic heterocycles. The van der Waals surface area contributed by atoms with Gasteiger partial charge in [-0.2, -0.15) is 4.98 Å². The molecule has 0 radical (unpaired) electrons. The van der Waals surface area contributed by atoms with E-state index in [-0.39, 0.29) is 24.1 Å². The monoisotopic (exact) mass is 282 g/mol. The standard InChI is InChI=1S/C11H18N6O3/c12-16-10-13-6-8(17(19)20)9(14-10)15-11(7-18)4-2-1-3-5-11/h6,18H,1-5,7,12H2,(H2,13,14,15,16). The number of nitrogens with zero attached hydrogens (tertiary/aromatic N) is 3. The molecule has 1 aliphatic carbocycles. The number of hydrogen-bond donors (Lipinski definition) is 4. The summed E-state index contributed by atoms with van der Waals surface area (Å²) in [6.07, 6.45) is 5.62. The molecule has 1 fully saturated rings. The molecule has 0 aliphatic heterocycles. The Morgan fingerprint density at radius 3 is 2.70 bits per heavy atom. The van der Waals surface area contributed by atoms with Gasteiger partial charge in [-0.05, 0) is 12.8 Å². The number of hydrazine groups is 1. The van der Waals surface area contributed by atoms with Crippen LogP contribution < -0.4 is 16.6 Å². The van der Waals surface area contributed by atoms with Gasteiger partial charge in [0.25, 0.3) is 0 Å². The Balaban J connectivity index is 2.32. The summed E-state index contributed by atoms with van der Waals surface area (Å²) in [6.45, 7) is -0.0977. The molecule has 0 bridgehead atoms. The normalized spacial score (nSPS) is 17.5. The lowest BCUT2D eigenvalue weighted by molar-refractivity contribution is -0.384. The van der Waals surface area contributed by atoms with Gasteiger partial charge in [-0.15, -0.1) is 0 Å². The van der Waals surface area contributed by atoms with E-state index in [1.807, 2.05) is 0 Å².